The molecule has 0 radical (unpaired) electrons. The molecule has 33 heavy (non-hydrogen) atoms. The fraction of sp³-hybridized carbons (Fsp3) is 0.826. The number of amides is 1. The highest BCUT2D eigenvalue weighted by Crippen LogP contribution is 2.27. The van der Waals surface area contributed by atoms with Gasteiger partial charge in [0.05, 0.1) is 0 Å². The third-order valence-corrected chi connectivity index (χ3v) is 7.52. The van der Waals surface area contributed by atoms with Crippen LogP contribution >= 0.6 is 24.0 Å². The molecule has 3 heterocycles. The molecule has 1 amide bonds. The highest BCUT2D eigenvalue weighted by atomic mass is 127. The van der Waals surface area contributed by atoms with Crippen LogP contribution in [0, 0.1) is 12.8 Å². The zero-order chi connectivity index (χ0) is 22.5. The Kier molecular flexibility index (Phi) is 9.78. The molecule has 0 aromatic carbocycles. The molecule has 1 aromatic heterocycles. The summed E-state index contributed by atoms with van der Waals surface area (Å²) in [6.45, 7) is 9.43. The predicted octanol–water partition coefficient (Wildman–Crippen LogP) is 2.05. The van der Waals surface area contributed by atoms with Crippen LogP contribution in [0.25, 0.3) is 0 Å². The second-order valence-corrected chi connectivity index (χ2v) is 9.59. The summed E-state index contributed by atoms with van der Waals surface area (Å²) in [5.74, 6) is 3.16. The zero-order valence-electron chi connectivity index (χ0n) is 20.4. The SMILES string of the molecule is CCN1CCCC1CNC(=NCc1nnc(C)n1C)NC1CCN(C(=O)C2CCCC2)C1.I. The minimum atomic E-state index is 0. The number of nitrogens with zero attached hydrogens (tertiary/aromatic N) is 6. The first-order chi connectivity index (χ1) is 15.5. The van der Waals surface area contributed by atoms with Gasteiger partial charge in [0.1, 0.15) is 12.4 Å². The van der Waals surface area contributed by atoms with Gasteiger partial charge in [-0.1, -0.05) is 19.8 Å². The molecule has 2 atom stereocenters. The molecule has 0 spiro atoms. The number of guanidine groups is 1. The monoisotopic (exact) mass is 572 g/mol. The molecule has 2 unspecified atom stereocenters. The van der Waals surface area contributed by atoms with Crippen molar-refractivity contribution in [1.82, 2.24) is 35.2 Å². The van der Waals surface area contributed by atoms with Gasteiger partial charge in [0, 0.05) is 44.7 Å². The van der Waals surface area contributed by atoms with E-state index in [2.05, 4.69) is 37.6 Å². The third-order valence-electron chi connectivity index (χ3n) is 7.52. The summed E-state index contributed by atoms with van der Waals surface area (Å²) in [6.07, 6.45) is 7.98. The van der Waals surface area contributed by atoms with Crippen LogP contribution in [0.5, 0.6) is 0 Å². The van der Waals surface area contributed by atoms with Crippen molar-refractivity contribution in [3.63, 3.8) is 0 Å². The number of halogens is 1. The number of aryl methyl sites for hydroxylation is 1. The van der Waals surface area contributed by atoms with Crippen molar-refractivity contribution in [2.75, 3.05) is 32.7 Å². The summed E-state index contributed by atoms with van der Waals surface area (Å²) in [6, 6.07) is 0.784. The smallest absolute Gasteiger partial charge is 0.225 e. The highest BCUT2D eigenvalue weighted by Gasteiger charge is 2.32. The summed E-state index contributed by atoms with van der Waals surface area (Å²) in [5.41, 5.74) is 0. The Morgan fingerprint density at radius 1 is 1.12 bits per heavy atom. The van der Waals surface area contributed by atoms with E-state index in [9.17, 15) is 4.79 Å². The number of likely N-dealkylation sites (tertiary alicyclic amines) is 2. The van der Waals surface area contributed by atoms with E-state index in [0.29, 0.717) is 18.5 Å². The molecule has 9 nitrogen and oxygen atoms in total. The van der Waals surface area contributed by atoms with Crippen molar-refractivity contribution in [3.8, 4) is 0 Å². The topological polar surface area (TPSA) is 90.7 Å². The summed E-state index contributed by atoms with van der Waals surface area (Å²) in [5, 5.41) is 15.6. The van der Waals surface area contributed by atoms with E-state index in [1.54, 1.807) is 0 Å². The van der Waals surface area contributed by atoms with Gasteiger partial charge in [0.2, 0.25) is 5.91 Å². The largest absolute Gasteiger partial charge is 0.355 e. The second kappa shape index (κ2) is 12.3. The van der Waals surface area contributed by atoms with Crippen LogP contribution in [0.15, 0.2) is 4.99 Å². The van der Waals surface area contributed by atoms with E-state index in [4.69, 9.17) is 4.99 Å². The summed E-state index contributed by atoms with van der Waals surface area (Å²) >= 11 is 0. The summed E-state index contributed by atoms with van der Waals surface area (Å²) < 4.78 is 1.98. The van der Waals surface area contributed by atoms with Gasteiger partial charge in [0.15, 0.2) is 11.8 Å². The molecule has 3 aliphatic rings. The lowest BCUT2D eigenvalue weighted by molar-refractivity contribution is -0.134. The standard InChI is InChI=1S/C23H40N8O.HI/c1-4-30-12-7-10-20(30)14-24-23(25-15-21-28-27-17(2)29(21)3)26-19-11-13-31(16-19)22(32)18-8-5-6-9-18;/h18-20H,4-16H2,1-3H3,(H2,24,25,26);1H. The molecular formula is C23H41IN8O. The van der Waals surface area contributed by atoms with Gasteiger partial charge in [-0.25, -0.2) is 4.99 Å². The van der Waals surface area contributed by atoms with Crippen LogP contribution in [-0.4, -0.2) is 81.2 Å². The number of rotatable bonds is 7. The maximum absolute atomic E-state index is 12.8. The average molecular weight is 573 g/mol. The van der Waals surface area contributed by atoms with Crippen molar-refractivity contribution < 1.29 is 4.79 Å². The Morgan fingerprint density at radius 3 is 2.61 bits per heavy atom. The molecule has 1 saturated carbocycles. The number of carbonyl (C=O) groups excluding carboxylic acids is 1. The minimum Gasteiger partial charge on any atom is -0.355 e. The first-order valence-electron chi connectivity index (χ1n) is 12.5. The van der Waals surface area contributed by atoms with Crippen molar-refractivity contribution in [3.05, 3.63) is 11.6 Å². The van der Waals surface area contributed by atoms with E-state index in [0.717, 1.165) is 63.0 Å². The molecular weight excluding hydrogens is 531 g/mol. The number of likely N-dealkylation sites (N-methyl/N-ethyl adjacent to an activating group) is 1. The molecule has 2 N–H and O–H groups in total. The van der Waals surface area contributed by atoms with E-state index in [1.165, 1.54) is 32.2 Å². The zero-order valence-corrected chi connectivity index (χ0v) is 22.8. The van der Waals surface area contributed by atoms with Crippen molar-refractivity contribution in [2.45, 2.75) is 77.4 Å². The maximum Gasteiger partial charge on any atom is 0.225 e. The molecule has 186 valence electrons. The fourth-order valence-corrected chi connectivity index (χ4v) is 5.35. The molecule has 4 rings (SSSR count). The molecule has 10 heteroatoms. The molecule has 1 aliphatic carbocycles. The molecule has 0 bridgehead atoms. The van der Waals surface area contributed by atoms with Crippen LogP contribution in [0.4, 0.5) is 0 Å². The number of nitrogens with one attached hydrogen (secondary N) is 2. The van der Waals surface area contributed by atoms with Gasteiger partial charge < -0.3 is 20.1 Å². The Hall–Kier alpha value is -1.43. The maximum atomic E-state index is 12.8. The van der Waals surface area contributed by atoms with Gasteiger partial charge in [-0.3, -0.25) is 9.69 Å². The van der Waals surface area contributed by atoms with Gasteiger partial charge in [0.25, 0.3) is 0 Å². The van der Waals surface area contributed by atoms with Crippen LogP contribution in [0.1, 0.15) is 63.5 Å². The van der Waals surface area contributed by atoms with Crippen molar-refractivity contribution >= 4 is 35.8 Å². The van der Waals surface area contributed by atoms with E-state index in [-0.39, 0.29) is 35.9 Å². The molecule has 2 saturated heterocycles. The molecule has 2 aliphatic heterocycles. The van der Waals surface area contributed by atoms with Gasteiger partial charge in [-0.15, -0.1) is 34.2 Å². The number of aromatic nitrogens is 3. The molecule has 3 fully saturated rings. The Morgan fingerprint density at radius 2 is 1.91 bits per heavy atom. The van der Waals surface area contributed by atoms with Gasteiger partial charge in [-0.05, 0) is 52.1 Å². The van der Waals surface area contributed by atoms with Crippen LogP contribution in [0.2, 0.25) is 0 Å². The summed E-state index contributed by atoms with van der Waals surface area (Å²) in [4.78, 5) is 22.3. The minimum absolute atomic E-state index is 0. The van der Waals surface area contributed by atoms with Crippen LogP contribution < -0.4 is 10.6 Å². The normalized spacial score (nSPS) is 24.3. The number of hydrogen-bond acceptors (Lipinski definition) is 5. The van der Waals surface area contributed by atoms with Crippen molar-refractivity contribution in [2.24, 2.45) is 18.0 Å². The molecule has 1 aromatic rings. The predicted molar refractivity (Wildman–Crippen MR) is 141 cm³/mol. The lowest BCUT2D eigenvalue weighted by Gasteiger charge is -2.25. The Balaban J connectivity index is 0.00000306. The Bertz CT molecular complexity index is 806. The van der Waals surface area contributed by atoms with Gasteiger partial charge in [-0.2, -0.15) is 0 Å². The number of carbonyl (C=O) groups is 1. The highest BCUT2D eigenvalue weighted by molar-refractivity contribution is 14.0. The average Bonchev–Trinajstić information content (AvgIpc) is 3.59. The fourth-order valence-electron chi connectivity index (χ4n) is 5.35. The lowest BCUT2D eigenvalue weighted by Crippen LogP contribution is -2.49. The van der Waals surface area contributed by atoms with E-state index >= 15 is 0 Å². The first-order valence-corrected chi connectivity index (χ1v) is 12.5. The van der Waals surface area contributed by atoms with E-state index in [1.807, 2.05) is 18.5 Å². The lowest BCUT2D eigenvalue weighted by atomic mass is 10.1. The number of aliphatic imine (C=N–C) groups is 1. The van der Waals surface area contributed by atoms with Crippen LogP contribution in [0.3, 0.4) is 0 Å². The van der Waals surface area contributed by atoms with E-state index < -0.39 is 0 Å². The second-order valence-electron chi connectivity index (χ2n) is 9.59. The first kappa shape index (κ1) is 26.2. The Labute approximate surface area is 215 Å². The van der Waals surface area contributed by atoms with Crippen LogP contribution in [-0.2, 0) is 18.4 Å². The quantitative estimate of drug-likeness (QED) is 0.296. The van der Waals surface area contributed by atoms with Crippen molar-refractivity contribution in [1.29, 1.82) is 0 Å². The third kappa shape index (κ3) is 6.58. The number of hydrogen-bond donors (Lipinski definition) is 2. The summed E-state index contributed by atoms with van der Waals surface area (Å²) in [7, 11) is 1.97. The van der Waals surface area contributed by atoms with Gasteiger partial charge >= 0.3 is 0 Å².